The van der Waals surface area contributed by atoms with Gasteiger partial charge in [0.25, 0.3) is 0 Å². The summed E-state index contributed by atoms with van der Waals surface area (Å²) in [5.74, 6) is 0.688. The zero-order chi connectivity index (χ0) is 13.9. The van der Waals surface area contributed by atoms with E-state index >= 15 is 0 Å². The molecule has 2 heteroatoms. The molecule has 0 unspecified atom stereocenters. The Morgan fingerprint density at radius 1 is 1.16 bits per heavy atom. The smallest absolute Gasteiger partial charge is 0.135 e. The van der Waals surface area contributed by atoms with Crippen molar-refractivity contribution in [1.82, 2.24) is 5.32 Å². The summed E-state index contributed by atoms with van der Waals surface area (Å²) in [5, 5.41) is 3.71. The van der Waals surface area contributed by atoms with Crippen LogP contribution in [0.15, 0.2) is 30.3 Å². The largest absolute Gasteiger partial charge is 0.351 e. The maximum atomic E-state index is 6.44. The van der Waals surface area contributed by atoms with Gasteiger partial charge in [0.15, 0.2) is 0 Å². The summed E-state index contributed by atoms with van der Waals surface area (Å²) in [4.78, 5) is 0. The van der Waals surface area contributed by atoms with Crippen molar-refractivity contribution >= 4 is 0 Å². The number of rotatable bonds is 5. The van der Waals surface area contributed by atoms with Crippen LogP contribution in [-0.2, 0) is 4.74 Å². The number of ether oxygens (including phenoxy) is 1. The van der Waals surface area contributed by atoms with Crippen LogP contribution in [0.1, 0.15) is 58.7 Å². The minimum absolute atomic E-state index is 0.00915. The van der Waals surface area contributed by atoms with E-state index < -0.39 is 0 Å². The van der Waals surface area contributed by atoms with Crippen molar-refractivity contribution in [3.63, 3.8) is 0 Å². The van der Waals surface area contributed by atoms with E-state index in [9.17, 15) is 0 Å². The van der Waals surface area contributed by atoms with Crippen molar-refractivity contribution in [1.29, 1.82) is 0 Å². The van der Waals surface area contributed by atoms with Crippen molar-refractivity contribution in [2.24, 2.45) is 5.92 Å². The van der Waals surface area contributed by atoms with Crippen molar-refractivity contribution in [3.05, 3.63) is 35.9 Å². The fourth-order valence-electron chi connectivity index (χ4n) is 3.14. The van der Waals surface area contributed by atoms with Gasteiger partial charge in [0.05, 0.1) is 5.60 Å². The van der Waals surface area contributed by atoms with Gasteiger partial charge in [-0.2, -0.15) is 0 Å². The summed E-state index contributed by atoms with van der Waals surface area (Å²) in [6, 6.07) is 11.0. The molecule has 1 fully saturated rings. The molecule has 1 aromatic carbocycles. The Labute approximate surface area is 117 Å². The molecule has 1 saturated heterocycles. The second-order valence-electron chi connectivity index (χ2n) is 6.03. The Morgan fingerprint density at radius 2 is 1.79 bits per heavy atom. The van der Waals surface area contributed by atoms with Crippen LogP contribution in [0.5, 0.6) is 0 Å². The third-order valence-electron chi connectivity index (χ3n) is 4.35. The zero-order valence-corrected chi connectivity index (χ0v) is 12.6. The highest BCUT2D eigenvalue weighted by Gasteiger charge is 2.45. The average Bonchev–Trinajstić information content (AvgIpc) is 2.78. The van der Waals surface area contributed by atoms with Gasteiger partial charge < -0.3 is 4.74 Å². The second-order valence-corrected chi connectivity index (χ2v) is 6.03. The van der Waals surface area contributed by atoms with Gasteiger partial charge >= 0.3 is 0 Å². The monoisotopic (exact) mass is 261 g/mol. The second kappa shape index (κ2) is 6.06. The molecule has 0 aliphatic carbocycles. The summed E-state index contributed by atoms with van der Waals surface area (Å²) < 4.78 is 6.44. The van der Waals surface area contributed by atoms with E-state index in [2.05, 4.69) is 63.3 Å². The third-order valence-corrected chi connectivity index (χ3v) is 4.35. The number of hydrogen-bond acceptors (Lipinski definition) is 2. The Bertz CT molecular complexity index is 384. The molecule has 106 valence electrons. The van der Waals surface area contributed by atoms with Crippen LogP contribution in [0.4, 0.5) is 0 Å². The summed E-state index contributed by atoms with van der Waals surface area (Å²) in [7, 11) is 0. The lowest BCUT2D eigenvalue weighted by molar-refractivity contribution is -0.0567. The molecule has 19 heavy (non-hydrogen) atoms. The molecule has 0 spiro atoms. The van der Waals surface area contributed by atoms with E-state index in [1.807, 2.05) is 0 Å². The van der Waals surface area contributed by atoms with Crippen LogP contribution in [-0.4, -0.2) is 11.6 Å². The lowest BCUT2D eigenvalue weighted by Gasteiger charge is -2.32. The molecule has 0 amide bonds. The fourth-order valence-corrected chi connectivity index (χ4v) is 3.14. The standard InChI is InChI=1S/C17H27NO/c1-5-17(6-2)15(12-13(3)4)18-16(19-17)14-10-8-7-9-11-14/h7-11,13,15-16,18H,5-6,12H2,1-4H3/t15-,16-/m0/s1. The van der Waals surface area contributed by atoms with Gasteiger partial charge in [-0.05, 0) is 30.7 Å². The zero-order valence-electron chi connectivity index (χ0n) is 12.6. The highest BCUT2D eigenvalue weighted by Crippen LogP contribution is 2.39. The van der Waals surface area contributed by atoms with E-state index in [0.717, 1.165) is 12.8 Å². The maximum absolute atomic E-state index is 6.44. The first-order chi connectivity index (χ1) is 9.11. The Morgan fingerprint density at radius 3 is 2.32 bits per heavy atom. The van der Waals surface area contributed by atoms with Crippen LogP contribution >= 0.6 is 0 Å². The highest BCUT2D eigenvalue weighted by atomic mass is 16.5. The molecule has 1 aliphatic heterocycles. The van der Waals surface area contributed by atoms with Gasteiger partial charge in [-0.25, -0.2) is 0 Å². The predicted molar refractivity (Wildman–Crippen MR) is 80.0 cm³/mol. The van der Waals surface area contributed by atoms with Crippen molar-refractivity contribution in [2.75, 3.05) is 0 Å². The molecule has 1 N–H and O–H groups in total. The fraction of sp³-hybridized carbons (Fsp3) is 0.647. The van der Waals surface area contributed by atoms with Gasteiger partial charge in [-0.15, -0.1) is 0 Å². The first-order valence-electron chi connectivity index (χ1n) is 7.60. The summed E-state index contributed by atoms with van der Waals surface area (Å²) in [5.41, 5.74) is 1.23. The third kappa shape index (κ3) is 3.01. The molecule has 0 aromatic heterocycles. The SMILES string of the molecule is CCC1(CC)O[C@@H](c2ccccc2)N[C@H]1CC(C)C. The van der Waals surface area contributed by atoms with Crippen LogP contribution in [0.3, 0.4) is 0 Å². The molecule has 0 saturated carbocycles. The van der Waals surface area contributed by atoms with Crippen LogP contribution in [0.25, 0.3) is 0 Å². The average molecular weight is 261 g/mol. The molecule has 1 heterocycles. The summed E-state index contributed by atoms with van der Waals surface area (Å²) in [6.07, 6.45) is 3.35. The first-order valence-corrected chi connectivity index (χ1v) is 7.60. The molecular weight excluding hydrogens is 234 g/mol. The quantitative estimate of drug-likeness (QED) is 0.854. The molecule has 2 atom stereocenters. The lowest BCUT2D eigenvalue weighted by atomic mass is 9.84. The van der Waals surface area contributed by atoms with Gasteiger partial charge in [-0.3, -0.25) is 5.32 Å². The molecular formula is C17H27NO. The molecule has 1 aliphatic rings. The predicted octanol–water partition coefficient (Wildman–Crippen LogP) is 4.28. The summed E-state index contributed by atoms with van der Waals surface area (Å²) in [6.45, 7) is 9.05. The van der Waals surface area contributed by atoms with E-state index in [-0.39, 0.29) is 11.8 Å². The van der Waals surface area contributed by atoms with Crippen LogP contribution in [0, 0.1) is 5.92 Å². The van der Waals surface area contributed by atoms with Gasteiger partial charge in [-0.1, -0.05) is 58.0 Å². The minimum atomic E-state index is -0.00915. The number of hydrogen-bond donors (Lipinski definition) is 1. The number of benzene rings is 1. The van der Waals surface area contributed by atoms with Crippen LogP contribution < -0.4 is 5.32 Å². The van der Waals surface area contributed by atoms with Gasteiger partial charge in [0.2, 0.25) is 0 Å². The minimum Gasteiger partial charge on any atom is -0.351 e. The van der Waals surface area contributed by atoms with Crippen LogP contribution in [0.2, 0.25) is 0 Å². The van der Waals surface area contributed by atoms with E-state index in [0.29, 0.717) is 12.0 Å². The van der Waals surface area contributed by atoms with Crippen molar-refractivity contribution in [2.45, 2.75) is 64.8 Å². The van der Waals surface area contributed by atoms with E-state index in [1.165, 1.54) is 12.0 Å². The van der Waals surface area contributed by atoms with Gasteiger partial charge in [0.1, 0.15) is 6.23 Å². The molecule has 2 rings (SSSR count). The van der Waals surface area contributed by atoms with Crippen molar-refractivity contribution in [3.8, 4) is 0 Å². The molecule has 0 bridgehead atoms. The molecule has 0 radical (unpaired) electrons. The first kappa shape index (κ1) is 14.5. The van der Waals surface area contributed by atoms with E-state index in [1.54, 1.807) is 0 Å². The van der Waals surface area contributed by atoms with E-state index in [4.69, 9.17) is 4.74 Å². The van der Waals surface area contributed by atoms with Gasteiger partial charge in [0, 0.05) is 6.04 Å². The normalized spacial score (nSPS) is 25.9. The molecule has 2 nitrogen and oxygen atoms in total. The maximum Gasteiger partial charge on any atom is 0.135 e. The number of nitrogens with one attached hydrogen (secondary N) is 1. The Balaban J connectivity index is 2.20. The lowest BCUT2D eigenvalue weighted by Crippen LogP contribution is -2.43. The topological polar surface area (TPSA) is 21.3 Å². The van der Waals surface area contributed by atoms with Crippen molar-refractivity contribution < 1.29 is 4.74 Å². The molecule has 1 aromatic rings. The highest BCUT2D eigenvalue weighted by molar-refractivity contribution is 5.19. The summed E-state index contributed by atoms with van der Waals surface area (Å²) >= 11 is 0. The Kier molecular flexibility index (Phi) is 4.64. The Hall–Kier alpha value is -0.860.